The molecule has 1 atom stereocenters. The van der Waals surface area contributed by atoms with Gasteiger partial charge in [0.1, 0.15) is 5.82 Å². The van der Waals surface area contributed by atoms with Crippen LogP contribution < -0.4 is 11.1 Å². The van der Waals surface area contributed by atoms with Crippen LogP contribution in [0.15, 0.2) is 43.0 Å². The summed E-state index contributed by atoms with van der Waals surface area (Å²) >= 11 is 0. The van der Waals surface area contributed by atoms with Crippen molar-refractivity contribution in [3.8, 4) is 11.4 Å². The minimum absolute atomic E-state index is 0.0428. The van der Waals surface area contributed by atoms with Crippen molar-refractivity contribution >= 4 is 16.7 Å². The van der Waals surface area contributed by atoms with Crippen LogP contribution in [0.3, 0.4) is 0 Å². The average molecular weight is 280 g/mol. The summed E-state index contributed by atoms with van der Waals surface area (Å²) in [4.78, 5) is 17.3. The van der Waals surface area contributed by atoms with Gasteiger partial charge < -0.3 is 11.1 Å². The van der Waals surface area contributed by atoms with E-state index in [0.717, 1.165) is 22.3 Å². The fourth-order valence-electron chi connectivity index (χ4n) is 2.00. The van der Waals surface area contributed by atoms with Gasteiger partial charge in [-0.15, -0.1) is 0 Å². The standard InChI is InChI=1S/C15H16N6/c1-10(16)8-19-15-12-4-7-18-9-13(12)20-14(21-15)11-2-5-17-6-3-11/h2-7,9-10H,8,16H2,1H3,(H,19,20,21)/t10-/m0/s1. The Morgan fingerprint density at radius 1 is 1.10 bits per heavy atom. The van der Waals surface area contributed by atoms with E-state index in [0.29, 0.717) is 12.4 Å². The van der Waals surface area contributed by atoms with Crippen LogP contribution >= 0.6 is 0 Å². The molecule has 3 heterocycles. The summed E-state index contributed by atoms with van der Waals surface area (Å²) in [5, 5.41) is 4.21. The molecule has 3 rings (SSSR count). The number of nitrogens with two attached hydrogens (primary N) is 1. The van der Waals surface area contributed by atoms with E-state index < -0.39 is 0 Å². The summed E-state index contributed by atoms with van der Waals surface area (Å²) in [6.07, 6.45) is 6.91. The summed E-state index contributed by atoms with van der Waals surface area (Å²) in [5.41, 5.74) is 7.52. The molecule has 0 saturated heterocycles. The zero-order valence-corrected chi connectivity index (χ0v) is 11.7. The van der Waals surface area contributed by atoms with E-state index >= 15 is 0 Å². The normalized spacial score (nSPS) is 12.3. The number of anilines is 1. The third-order valence-corrected chi connectivity index (χ3v) is 3.03. The van der Waals surface area contributed by atoms with Crippen LogP contribution in [0, 0.1) is 0 Å². The Labute approximate surface area is 122 Å². The van der Waals surface area contributed by atoms with Crippen molar-refractivity contribution in [3.63, 3.8) is 0 Å². The molecule has 0 spiro atoms. The Balaban J connectivity index is 2.10. The molecule has 3 N–H and O–H groups in total. The topological polar surface area (TPSA) is 89.6 Å². The van der Waals surface area contributed by atoms with Gasteiger partial charge in [0.05, 0.1) is 11.7 Å². The summed E-state index contributed by atoms with van der Waals surface area (Å²) in [6, 6.07) is 5.70. The Hall–Kier alpha value is -2.60. The maximum atomic E-state index is 5.81. The van der Waals surface area contributed by atoms with Gasteiger partial charge in [-0.2, -0.15) is 0 Å². The maximum absolute atomic E-state index is 5.81. The number of rotatable bonds is 4. The first-order chi connectivity index (χ1) is 10.2. The minimum Gasteiger partial charge on any atom is -0.368 e. The molecule has 0 aliphatic carbocycles. The van der Waals surface area contributed by atoms with E-state index in [1.165, 1.54) is 0 Å². The number of nitrogens with one attached hydrogen (secondary N) is 1. The van der Waals surface area contributed by atoms with Crippen molar-refractivity contribution in [1.29, 1.82) is 0 Å². The van der Waals surface area contributed by atoms with Crippen LogP contribution in [-0.4, -0.2) is 32.5 Å². The number of nitrogens with zero attached hydrogens (tertiary/aromatic N) is 4. The molecule has 6 nitrogen and oxygen atoms in total. The van der Waals surface area contributed by atoms with E-state index in [2.05, 4.69) is 25.3 Å². The van der Waals surface area contributed by atoms with E-state index in [9.17, 15) is 0 Å². The van der Waals surface area contributed by atoms with E-state index in [1.54, 1.807) is 24.8 Å². The molecule has 0 saturated carbocycles. The highest BCUT2D eigenvalue weighted by atomic mass is 15.0. The van der Waals surface area contributed by atoms with Crippen molar-refractivity contribution in [3.05, 3.63) is 43.0 Å². The zero-order chi connectivity index (χ0) is 14.7. The zero-order valence-electron chi connectivity index (χ0n) is 11.7. The van der Waals surface area contributed by atoms with Crippen molar-refractivity contribution in [2.75, 3.05) is 11.9 Å². The van der Waals surface area contributed by atoms with Gasteiger partial charge in [0.25, 0.3) is 0 Å². The molecule has 0 amide bonds. The van der Waals surface area contributed by atoms with E-state index in [-0.39, 0.29) is 6.04 Å². The van der Waals surface area contributed by atoms with Gasteiger partial charge in [-0.3, -0.25) is 9.97 Å². The molecular weight excluding hydrogens is 264 g/mol. The molecule has 0 aliphatic heterocycles. The van der Waals surface area contributed by atoms with Gasteiger partial charge in [0.2, 0.25) is 0 Å². The SMILES string of the molecule is C[C@H](N)CNc1nc(-c2ccncc2)nc2cnccc12. The number of hydrogen-bond donors (Lipinski definition) is 2. The first-order valence-corrected chi connectivity index (χ1v) is 6.75. The van der Waals surface area contributed by atoms with Crippen molar-refractivity contribution in [1.82, 2.24) is 19.9 Å². The molecule has 0 radical (unpaired) electrons. The molecule has 3 aromatic rings. The number of pyridine rings is 2. The predicted octanol–water partition coefficient (Wildman–Crippen LogP) is 1.85. The van der Waals surface area contributed by atoms with Gasteiger partial charge in [-0.05, 0) is 25.1 Å². The lowest BCUT2D eigenvalue weighted by Gasteiger charge is -2.12. The second kappa shape index (κ2) is 5.80. The predicted molar refractivity (Wildman–Crippen MR) is 82.7 cm³/mol. The van der Waals surface area contributed by atoms with E-state index in [1.807, 2.05) is 25.1 Å². The summed E-state index contributed by atoms with van der Waals surface area (Å²) < 4.78 is 0. The lowest BCUT2D eigenvalue weighted by atomic mass is 10.2. The average Bonchev–Trinajstić information content (AvgIpc) is 2.53. The highest BCUT2D eigenvalue weighted by molar-refractivity contribution is 5.89. The fourth-order valence-corrected chi connectivity index (χ4v) is 2.00. The van der Waals surface area contributed by atoms with Crippen LogP contribution in [0.2, 0.25) is 0 Å². The summed E-state index contributed by atoms with van der Waals surface area (Å²) in [6.45, 7) is 2.59. The molecule has 0 unspecified atom stereocenters. The molecule has 6 heteroatoms. The third kappa shape index (κ3) is 2.95. The number of hydrogen-bond acceptors (Lipinski definition) is 6. The first kappa shape index (κ1) is 13.4. The summed E-state index contributed by atoms with van der Waals surface area (Å²) in [7, 11) is 0. The van der Waals surface area contributed by atoms with Crippen LogP contribution in [0.4, 0.5) is 5.82 Å². The Morgan fingerprint density at radius 3 is 2.62 bits per heavy atom. The summed E-state index contributed by atoms with van der Waals surface area (Å²) in [5.74, 6) is 1.41. The monoisotopic (exact) mass is 280 g/mol. The van der Waals surface area contributed by atoms with Gasteiger partial charge in [-0.25, -0.2) is 9.97 Å². The quantitative estimate of drug-likeness (QED) is 0.758. The highest BCUT2D eigenvalue weighted by Crippen LogP contribution is 2.23. The second-order valence-corrected chi connectivity index (χ2v) is 4.88. The van der Waals surface area contributed by atoms with Gasteiger partial charge in [-0.1, -0.05) is 0 Å². The third-order valence-electron chi connectivity index (χ3n) is 3.03. The highest BCUT2D eigenvalue weighted by Gasteiger charge is 2.09. The molecule has 106 valence electrons. The minimum atomic E-state index is 0.0428. The Bertz CT molecular complexity index is 741. The first-order valence-electron chi connectivity index (χ1n) is 6.75. The molecule has 21 heavy (non-hydrogen) atoms. The maximum Gasteiger partial charge on any atom is 0.162 e. The Morgan fingerprint density at radius 2 is 1.86 bits per heavy atom. The number of aromatic nitrogens is 4. The number of fused-ring (bicyclic) bond motifs is 1. The van der Waals surface area contributed by atoms with E-state index in [4.69, 9.17) is 5.73 Å². The van der Waals surface area contributed by atoms with Crippen molar-refractivity contribution < 1.29 is 0 Å². The molecule has 0 fully saturated rings. The Kier molecular flexibility index (Phi) is 3.70. The largest absolute Gasteiger partial charge is 0.368 e. The van der Waals surface area contributed by atoms with Crippen LogP contribution in [0.5, 0.6) is 0 Å². The van der Waals surface area contributed by atoms with Crippen molar-refractivity contribution in [2.45, 2.75) is 13.0 Å². The van der Waals surface area contributed by atoms with Gasteiger partial charge in [0.15, 0.2) is 5.82 Å². The van der Waals surface area contributed by atoms with Gasteiger partial charge >= 0.3 is 0 Å². The molecule has 0 bridgehead atoms. The van der Waals surface area contributed by atoms with Gasteiger partial charge in [0, 0.05) is 42.1 Å². The smallest absolute Gasteiger partial charge is 0.162 e. The fraction of sp³-hybridized carbons (Fsp3) is 0.200. The molecule has 3 aromatic heterocycles. The van der Waals surface area contributed by atoms with Crippen LogP contribution in [0.1, 0.15) is 6.92 Å². The lowest BCUT2D eigenvalue weighted by molar-refractivity contribution is 0.778. The van der Waals surface area contributed by atoms with Crippen molar-refractivity contribution in [2.24, 2.45) is 5.73 Å². The molecule has 0 aromatic carbocycles. The molecular formula is C15H16N6. The second-order valence-electron chi connectivity index (χ2n) is 4.88. The molecule has 0 aliphatic rings. The lowest BCUT2D eigenvalue weighted by Crippen LogP contribution is -2.25. The van der Waals surface area contributed by atoms with Crippen LogP contribution in [0.25, 0.3) is 22.3 Å². The van der Waals surface area contributed by atoms with Crippen LogP contribution in [-0.2, 0) is 0 Å².